The Morgan fingerprint density at radius 3 is 2.22 bits per heavy atom. The van der Waals surface area contributed by atoms with Crippen molar-refractivity contribution < 1.29 is 29.1 Å². The molecule has 1 heterocycles. The lowest BCUT2D eigenvalue weighted by Gasteiger charge is -2.35. The number of rotatable bonds is 8. The maximum atomic E-state index is 14.2. The molecule has 216 valence electrons. The Kier molecular flexibility index (Phi) is 8.10. The van der Waals surface area contributed by atoms with E-state index in [2.05, 4.69) is 5.32 Å². The smallest absolute Gasteiger partial charge is 0.335 e. The molecule has 41 heavy (non-hydrogen) atoms. The van der Waals surface area contributed by atoms with E-state index in [0.29, 0.717) is 11.4 Å². The van der Waals surface area contributed by atoms with Crippen LogP contribution in [0.5, 0.6) is 0 Å². The van der Waals surface area contributed by atoms with Crippen LogP contribution in [0.1, 0.15) is 75.1 Å². The van der Waals surface area contributed by atoms with Gasteiger partial charge in [-0.3, -0.25) is 19.4 Å². The molecule has 3 aliphatic rings. The third kappa shape index (κ3) is 5.82. The average Bonchev–Trinajstić information content (AvgIpc) is 3.40. The monoisotopic (exact) mass is 560 g/mol. The minimum atomic E-state index is -1.14. The Bertz CT molecular complexity index is 1360. The molecule has 0 saturated heterocycles. The van der Waals surface area contributed by atoms with Crippen molar-refractivity contribution in [2.45, 2.75) is 70.8 Å². The normalized spacial score (nSPS) is 19.1. The molecule has 2 aromatic carbocycles. The lowest BCUT2D eigenvalue weighted by atomic mass is 9.83. The van der Waals surface area contributed by atoms with E-state index in [1.807, 2.05) is 13.0 Å². The molecule has 5 amide bonds. The van der Waals surface area contributed by atoms with Crippen LogP contribution in [-0.2, 0) is 9.59 Å². The highest BCUT2D eigenvalue weighted by Gasteiger charge is 2.44. The van der Waals surface area contributed by atoms with Crippen LogP contribution >= 0.6 is 0 Å². The number of urea groups is 2. The second-order valence-electron chi connectivity index (χ2n) is 11.5. The molecule has 1 aliphatic heterocycles. The van der Waals surface area contributed by atoms with Gasteiger partial charge < -0.3 is 10.4 Å². The van der Waals surface area contributed by atoms with Crippen molar-refractivity contribution in [3.8, 4) is 0 Å². The van der Waals surface area contributed by atoms with Crippen molar-refractivity contribution in [2.75, 3.05) is 28.2 Å². The van der Waals surface area contributed by atoms with Gasteiger partial charge in [0.2, 0.25) is 5.91 Å². The molecule has 10 nitrogen and oxygen atoms in total. The van der Waals surface area contributed by atoms with Gasteiger partial charge in [-0.2, -0.15) is 0 Å². The summed E-state index contributed by atoms with van der Waals surface area (Å²) in [4.78, 5) is 70.3. The molecule has 0 spiro atoms. The predicted molar refractivity (Wildman–Crippen MR) is 154 cm³/mol. The number of amides is 5. The number of hydrogen-bond donors (Lipinski definition) is 2. The van der Waals surface area contributed by atoms with Crippen molar-refractivity contribution in [1.29, 1.82) is 0 Å². The molecule has 10 heteroatoms. The molecule has 2 saturated carbocycles. The van der Waals surface area contributed by atoms with Crippen LogP contribution in [0.25, 0.3) is 0 Å². The Morgan fingerprint density at radius 1 is 0.854 bits per heavy atom. The highest BCUT2D eigenvalue weighted by Crippen LogP contribution is 2.41. The number of anilines is 3. The number of carbonyl (C=O) groups is 5. The number of fused-ring (bicyclic) bond motifs is 1. The molecule has 2 fully saturated rings. The number of imide groups is 1. The Morgan fingerprint density at radius 2 is 1.54 bits per heavy atom. The van der Waals surface area contributed by atoms with Gasteiger partial charge in [-0.05, 0) is 56.0 Å². The van der Waals surface area contributed by atoms with Crippen molar-refractivity contribution in [3.63, 3.8) is 0 Å². The number of hydrogen-bond acceptors (Lipinski definition) is 5. The van der Waals surface area contributed by atoms with Gasteiger partial charge in [0.1, 0.15) is 6.54 Å². The van der Waals surface area contributed by atoms with Crippen LogP contribution in [-0.4, -0.2) is 58.9 Å². The Labute approximate surface area is 239 Å². The number of nitrogens with zero attached hydrogens (tertiary/aromatic N) is 3. The molecule has 2 aliphatic carbocycles. The van der Waals surface area contributed by atoms with Gasteiger partial charge in [0.15, 0.2) is 5.78 Å². The van der Waals surface area contributed by atoms with Crippen LogP contribution in [0.15, 0.2) is 48.5 Å². The summed E-state index contributed by atoms with van der Waals surface area (Å²) in [7, 11) is 0. The summed E-state index contributed by atoms with van der Waals surface area (Å²) >= 11 is 0. The molecule has 0 bridgehead atoms. The molecule has 0 unspecified atom stereocenters. The van der Waals surface area contributed by atoms with Crippen LogP contribution < -0.4 is 15.1 Å². The SMILES string of the molecule is CC1(C(=O)CN2C(=O)N(CC(=O)Nc3cccc(C(=O)O)c3)C(=O)N(C3CCCCC3)c3ccccc32)CCCC1. The van der Waals surface area contributed by atoms with E-state index >= 15 is 0 Å². The first-order valence-corrected chi connectivity index (χ1v) is 14.4. The van der Waals surface area contributed by atoms with Gasteiger partial charge in [0.05, 0.1) is 23.5 Å². The quantitative estimate of drug-likeness (QED) is 0.428. The standard InChI is InChI=1S/C31H36N4O6/c1-31(16-7-8-17-31)26(36)19-33-24-14-5-6-15-25(24)35(23-12-3-2-4-13-23)30(41)34(29(33)40)20-27(37)32-22-11-9-10-21(18-22)28(38)39/h5-6,9-11,14-15,18,23H,2-4,7-8,12-13,16-17,19-20H2,1H3,(H,32,37)(H,38,39). The largest absolute Gasteiger partial charge is 0.478 e. The fraction of sp³-hybridized carbons (Fsp3) is 0.452. The summed E-state index contributed by atoms with van der Waals surface area (Å²) in [5, 5.41) is 11.9. The van der Waals surface area contributed by atoms with Gasteiger partial charge in [-0.15, -0.1) is 0 Å². The first-order valence-electron chi connectivity index (χ1n) is 14.4. The number of Topliss-reactive ketones (excluding diaryl/α,β-unsaturated/α-hetero) is 1. The van der Waals surface area contributed by atoms with E-state index < -0.39 is 35.9 Å². The number of benzene rings is 2. The van der Waals surface area contributed by atoms with Crippen LogP contribution in [0, 0.1) is 5.41 Å². The highest BCUT2D eigenvalue weighted by molar-refractivity contribution is 6.16. The van der Waals surface area contributed by atoms with E-state index in [1.165, 1.54) is 29.2 Å². The van der Waals surface area contributed by atoms with Crippen molar-refractivity contribution in [1.82, 2.24) is 4.90 Å². The van der Waals surface area contributed by atoms with Crippen molar-refractivity contribution in [3.05, 3.63) is 54.1 Å². The number of carbonyl (C=O) groups excluding carboxylic acids is 4. The Hall–Kier alpha value is -4.21. The Balaban J connectivity index is 1.49. The minimum Gasteiger partial charge on any atom is -0.478 e. The van der Waals surface area contributed by atoms with Crippen LogP contribution in [0.2, 0.25) is 0 Å². The first-order chi connectivity index (χ1) is 19.7. The summed E-state index contributed by atoms with van der Waals surface area (Å²) in [5.74, 6) is -1.86. The zero-order chi connectivity index (χ0) is 29.1. The molecule has 0 aromatic heterocycles. The van der Waals surface area contributed by atoms with Crippen molar-refractivity contribution >= 4 is 46.8 Å². The molecular weight excluding hydrogens is 524 g/mol. The van der Waals surface area contributed by atoms with Crippen molar-refractivity contribution in [2.24, 2.45) is 5.41 Å². The topological polar surface area (TPSA) is 127 Å². The summed E-state index contributed by atoms with van der Waals surface area (Å²) in [5.41, 5.74) is 0.723. The number of ketones is 1. The van der Waals surface area contributed by atoms with Crippen LogP contribution in [0.3, 0.4) is 0 Å². The maximum absolute atomic E-state index is 14.2. The van der Waals surface area contributed by atoms with Gasteiger partial charge >= 0.3 is 18.0 Å². The average molecular weight is 561 g/mol. The zero-order valence-electron chi connectivity index (χ0n) is 23.3. The summed E-state index contributed by atoms with van der Waals surface area (Å²) in [6, 6.07) is 11.4. The minimum absolute atomic E-state index is 0.00579. The number of aromatic carboxylic acids is 1. The third-order valence-corrected chi connectivity index (χ3v) is 8.65. The first kappa shape index (κ1) is 28.3. The van der Waals surface area contributed by atoms with E-state index in [0.717, 1.165) is 62.7 Å². The number of carboxylic acids is 1. The molecule has 2 aromatic rings. The molecule has 2 N–H and O–H groups in total. The summed E-state index contributed by atoms with van der Waals surface area (Å²) in [6.07, 6.45) is 7.93. The molecule has 0 radical (unpaired) electrons. The van der Waals surface area contributed by atoms with E-state index in [9.17, 15) is 29.1 Å². The highest BCUT2D eigenvalue weighted by atomic mass is 16.4. The zero-order valence-corrected chi connectivity index (χ0v) is 23.3. The van der Waals surface area contributed by atoms with E-state index in [4.69, 9.17) is 0 Å². The van der Waals surface area contributed by atoms with Gasteiger partial charge in [0.25, 0.3) is 0 Å². The van der Waals surface area contributed by atoms with Crippen LogP contribution in [0.4, 0.5) is 26.7 Å². The maximum Gasteiger partial charge on any atom is 0.335 e. The molecular formula is C31H36N4O6. The lowest BCUT2D eigenvalue weighted by Crippen LogP contribution is -2.55. The number of para-hydroxylation sites is 2. The predicted octanol–water partition coefficient (Wildman–Crippen LogP) is 5.67. The third-order valence-electron chi connectivity index (χ3n) is 8.65. The van der Waals surface area contributed by atoms with E-state index in [1.54, 1.807) is 23.1 Å². The summed E-state index contributed by atoms with van der Waals surface area (Å²) < 4.78 is 0. The molecule has 5 rings (SSSR count). The van der Waals surface area contributed by atoms with E-state index in [-0.39, 0.29) is 29.6 Å². The second kappa shape index (κ2) is 11.7. The number of nitrogens with one attached hydrogen (secondary N) is 1. The fourth-order valence-corrected chi connectivity index (χ4v) is 6.28. The summed E-state index contributed by atoms with van der Waals surface area (Å²) in [6.45, 7) is 1.15. The molecule has 0 atom stereocenters. The number of carboxylic acid groups (broad SMARTS) is 1. The lowest BCUT2D eigenvalue weighted by molar-refractivity contribution is -0.126. The van der Waals surface area contributed by atoms with Gasteiger partial charge in [-0.25, -0.2) is 19.3 Å². The van der Waals surface area contributed by atoms with Gasteiger partial charge in [0, 0.05) is 17.1 Å². The van der Waals surface area contributed by atoms with Gasteiger partial charge in [-0.1, -0.05) is 57.2 Å². The fourth-order valence-electron chi connectivity index (χ4n) is 6.28. The second-order valence-corrected chi connectivity index (χ2v) is 11.5.